The van der Waals surface area contributed by atoms with Crippen LogP contribution in [-0.4, -0.2) is 80.2 Å². The molecule has 6 N–H and O–H groups in total. The van der Waals surface area contributed by atoms with Crippen LogP contribution >= 0.6 is 0 Å². The van der Waals surface area contributed by atoms with Gasteiger partial charge < -0.3 is 36.8 Å². The van der Waals surface area contributed by atoms with E-state index in [0.29, 0.717) is 0 Å². The van der Waals surface area contributed by atoms with Crippen LogP contribution in [0.2, 0.25) is 0 Å². The fourth-order valence-electron chi connectivity index (χ4n) is 0.880. The molecule has 10 heteroatoms. The van der Waals surface area contributed by atoms with Gasteiger partial charge in [-0.3, -0.25) is 0 Å². The second-order valence-electron chi connectivity index (χ2n) is 3.18. The van der Waals surface area contributed by atoms with Gasteiger partial charge in [-0.05, 0) is 0 Å². The molecule has 0 fully saturated rings. The van der Waals surface area contributed by atoms with Gasteiger partial charge >= 0.3 is 41.5 Å². The Hall–Kier alpha value is -0.260. The summed E-state index contributed by atoms with van der Waals surface area (Å²) in [5.41, 5.74) is 0. The minimum atomic E-state index is -2.23. The summed E-state index contributed by atoms with van der Waals surface area (Å²) in [7, 11) is 0. The number of rotatable bonds is 7. The number of carbonyl (C=O) groups excluding carboxylic acids is 1. The maximum Gasteiger partial charge on any atom is 1.00 e. The molecule has 0 bridgehead atoms. The van der Waals surface area contributed by atoms with E-state index in [9.17, 15) is 14.7 Å². The van der Waals surface area contributed by atoms with Crippen LogP contribution in [0.25, 0.3) is 0 Å². The number of hydrogen-bond acceptors (Lipinski definition) is 8. The Balaban J connectivity index is -0.00000128. The molecule has 0 aromatic rings. The molecule has 9 nitrogen and oxygen atoms in total. The summed E-state index contributed by atoms with van der Waals surface area (Å²) >= 11 is 0. The van der Waals surface area contributed by atoms with Gasteiger partial charge in [0, 0.05) is 0 Å². The van der Waals surface area contributed by atoms with Crippen LogP contribution in [-0.2, 0) is 14.3 Å². The number of carboxylic acids is 1. The second kappa shape index (κ2) is 9.64. The molecule has 0 aliphatic carbocycles. The molecule has 0 heterocycles. The number of aliphatic carboxylic acids is 1. The normalized spacial score (nSPS) is 16.9. The maximum atomic E-state index is 11.0. The fraction of sp³-hybridized carbons (Fsp3) is 0.750. The summed E-state index contributed by atoms with van der Waals surface area (Å²) in [6.07, 6.45) is -8.08. The Morgan fingerprint density at radius 1 is 1.11 bits per heavy atom. The molecule has 0 aliphatic rings. The van der Waals surface area contributed by atoms with Crippen LogP contribution in [0.4, 0.5) is 0 Å². The Morgan fingerprint density at radius 2 is 1.61 bits per heavy atom. The molecular formula is C8H15NaO9. The Bertz CT molecular complexity index is 277. The van der Waals surface area contributed by atoms with Crippen molar-refractivity contribution < 1.29 is 75.9 Å². The van der Waals surface area contributed by atoms with E-state index in [1.54, 1.807) is 0 Å². The van der Waals surface area contributed by atoms with Crippen molar-refractivity contribution in [1.82, 2.24) is 0 Å². The smallest absolute Gasteiger partial charge is 1.00 e. The topological polar surface area (TPSA) is 165 Å². The molecule has 4 atom stereocenters. The van der Waals surface area contributed by atoms with Crippen molar-refractivity contribution in [2.45, 2.75) is 24.4 Å². The van der Waals surface area contributed by atoms with Crippen molar-refractivity contribution in [3.63, 3.8) is 0 Å². The summed E-state index contributed by atoms with van der Waals surface area (Å²) in [5.74, 6) is -2.93. The van der Waals surface area contributed by atoms with Crippen molar-refractivity contribution >= 4 is 11.9 Å². The first-order valence-electron chi connectivity index (χ1n) is 4.52. The number of ether oxygens (including phenoxy) is 1. The first-order valence-corrected chi connectivity index (χ1v) is 4.52. The zero-order chi connectivity index (χ0) is 13.6. The molecular weight excluding hydrogens is 263 g/mol. The third-order valence-electron chi connectivity index (χ3n) is 1.83. The molecule has 0 aromatic heterocycles. The van der Waals surface area contributed by atoms with Gasteiger partial charge in [-0.25, -0.2) is 9.59 Å². The number of esters is 1. The summed E-state index contributed by atoms with van der Waals surface area (Å²) in [4.78, 5) is 21.0. The summed E-state index contributed by atoms with van der Waals surface area (Å²) in [5, 5.41) is 53.0. The fourth-order valence-corrected chi connectivity index (χ4v) is 0.880. The third kappa shape index (κ3) is 6.61. The van der Waals surface area contributed by atoms with Gasteiger partial charge in [0.1, 0.15) is 18.3 Å². The molecule has 0 rings (SSSR count). The number of aliphatic hydroxyl groups excluding tert-OH is 5. The molecule has 0 amide bonds. The Kier molecular flexibility index (Phi) is 10.7. The van der Waals surface area contributed by atoms with Gasteiger partial charge in [-0.1, -0.05) is 0 Å². The van der Waals surface area contributed by atoms with Crippen molar-refractivity contribution in [3.8, 4) is 0 Å². The van der Waals surface area contributed by atoms with Gasteiger partial charge in [0.2, 0.25) is 0 Å². The molecule has 0 saturated heterocycles. The largest absolute Gasteiger partial charge is 1.00 e. The molecule has 0 saturated carbocycles. The van der Waals surface area contributed by atoms with E-state index in [-0.39, 0.29) is 31.0 Å². The van der Waals surface area contributed by atoms with Crippen molar-refractivity contribution in [2.75, 3.05) is 13.2 Å². The average molecular weight is 278 g/mol. The number of carbonyl (C=O) groups is 2. The third-order valence-corrected chi connectivity index (χ3v) is 1.83. The van der Waals surface area contributed by atoms with Gasteiger partial charge in [0.05, 0.1) is 6.61 Å². The minimum absolute atomic E-state index is 0. The first kappa shape index (κ1) is 20.1. The minimum Gasteiger partial charge on any atom is -1.00 e. The van der Waals surface area contributed by atoms with E-state index in [1.165, 1.54) is 0 Å². The molecule has 18 heavy (non-hydrogen) atoms. The summed E-state index contributed by atoms with van der Waals surface area (Å²) in [6, 6.07) is 0. The average Bonchev–Trinajstić information content (AvgIpc) is 2.31. The van der Waals surface area contributed by atoms with E-state index >= 15 is 0 Å². The predicted octanol–water partition coefficient (Wildman–Crippen LogP) is -6.83. The standard InChI is InChI=1S/C8H14O9.Na.H/c9-1-3(10)5(13)6(14)7(15)8(16)17-2-4(11)12;;/h3,5-7,9-10,13-15H,1-2H2,(H,11,12);;/q;+1;-1/t3-,5-,6+,7-;;/m1../s1. The summed E-state index contributed by atoms with van der Waals surface area (Å²) < 4.78 is 4.05. The van der Waals surface area contributed by atoms with Gasteiger partial charge in [-0.2, -0.15) is 0 Å². The van der Waals surface area contributed by atoms with Gasteiger partial charge in [-0.15, -0.1) is 0 Å². The quantitative estimate of drug-likeness (QED) is 0.196. The van der Waals surface area contributed by atoms with Crippen LogP contribution in [0.5, 0.6) is 0 Å². The van der Waals surface area contributed by atoms with E-state index in [2.05, 4.69) is 4.74 Å². The number of aliphatic hydroxyl groups is 5. The first-order chi connectivity index (χ1) is 7.81. The second-order valence-corrected chi connectivity index (χ2v) is 3.18. The molecule has 102 valence electrons. The SMILES string of the molecule is O=C(O)COC(=O)[C@H](O)[C@@H](O)[C@H](O)[C@H](O)CO.[H-].[Na+]. The Labute approximate surface area is 125 Å². The van der Waals surface area contributed by atoms with Crippen molar-refractivity contribution in [1.29, 1.82) is 0 Å². The zero-order valence-corrected chi connectivity index (χ0v) is 11.6. The number of carboxylic acid groups (broad SMARTS) is 1. The molecule has 0 unspecified atom stereocenters. The molecule has 0 radical (unpaired) electrons. The van der Waals surface area contributed by atoms with Gasteiger partial charge in [0.15, 0.2) is 12.7 Å². The van der Waals surface area contributed by atoms with Crippen LogP contribution in [0, 0.1) is 0 Å². The maximum absolute atomic E-state index is 11.0. The number of hydrogen-bond donors (Lipinski definition) is 6. The van der Waals surface area contributed by atoms with Crippen LogP contribution in [0.3, 0.4) is 0 Å². The molecule has 0 aromatic carbocycles. The van der Waals surface area contributed by atoms with Crippen molar-refractivity contribution in [2.24, 2.45) is 0 Å². The summed E-state index contributed by atoms with van der Waals surface area (Å²) in [6.45, 7) is -1.91. The van der Waals surface area contributed by atoms with Gasteiger partial charge in [0.25, 0.3) is 0 Å². The van der Waals surface area contributed by atoms with Crippen LogP contribution in [0.15, 0.2) is 0 Å². The monoisotopic (exact) mass is 278 g/mol. The zero-order valence-electron chi connectivity index (χ0n) is 10.6. The van der Waals surface area contributed by atoms with Crippen molar-refractivity contribution in [3.05, 3.63) is 0 Å². The Morgan fingerprint density at radius 3 is 2.00 bits per heavy atom. The van der Waals surface area contributed by atoms with Crippen LogP contribution in [0.1, 0.15) is 1.43 Å². The predicted molar refractivity (Wildman–Crippen MR) is 50.8 cm³/mol. The van der Waals surface area contributed by atoms with Crippen LogP contribution < -0.4 is 29.6 Å². The van der Waals surface area contributed by atoms with E-state index in [0.717, 1.165) is 0 Å². The van der Waals surface area contributed by atoms with E-state index < -0.39 is 49.6 Å². The van der Waals surface area contributed by atoms with E-state index in [4.69, 9.17) is 25.5 Å². The molecule has 0 aliphatic heterocycles. The van der Waals surface area contributed by atoms with E-state index in [1.807, 2.05) is 0 Å². The molecule has 0 spiro atoms.